The SMILES string of the molecule is O=C1N[C@H]2CSC(C(=O)CC(SOOO)C(=O)C(=O)ON3CCCC3)[C@H]2N1.[H-].[Na+]. The van der Waals surface area contributed by atoms with Crippen molar-refractivity contribution in [2.24, 2.45) is 0 Å². The van der Waals surface area contributed by atoms with Gasteiger partial charge in [0.25, 0.3) is 5.78 Å². The van der Waals surface area contributed by atoms with Gasteiger partial charge in [0.1, 0.15) is 11.0 Å². The molecule has 3 heterocycles. The van der Waals surface area contributed by atoms with E-state index < -0.39 is 22.3 Å². The monoisotopic (exact) mass is 445 g/mol. The second-order valence-electron chi connectivity index (χ2n) is 6.28. The van der Waals surface area contributed by atoms with Gasteiger partial charge in [0, 0.05) is 37.3 Å². The first-order valence-corrected chi connectivity index (χ1v) is 10.2. The number of fused-ring (bicyclic) bond motifs is 1. The molecule has 0 saturated carbocycles. The molecule has 3 saturated heterocycles. The van der Waals surface area contributed by atoms with Crippen molar-refractivity contribution >= 4 is 47.4 Å². The van der Waals surface area contributed by atoms with Crippen molar-refractivity contribution in [2.75, 3.05) is 18.8 Å². The van der Waals surface area contributed by atoms with E-state index >= 15 is 0 Å². The molecule has 3 aliphatic rings. The van der Waals surface area contributed by atoms with E-state index in [-0.39, 0.29) is 61.3 Å². The van der Waals surface area contributed by atoms with Crippen molar-refractivity contribution < 1.29 is 69.6 Å². The summed E-state index contributed by atoms with van der Waals surface area (Å²) in [6.45, 7) is 1.08. The quantitative estimate of drug-likeness (QED) is 0.0824. The van der Waals surface area contributed by atoms with Crippen LogP contribution in [0.5, 0.6) is 0 Å². The first kappa shape index (κ1) is 23.9. The minimum absolute atomic E-state index is 0. The molecule has 11 nitrogen and oxygen atoms in total. The minimum Gasteiger partial charge on any atom is -1.00 e. The van der Waals surface area contributed by atoms with Crippen LogP contribution in [0.2, 0.25) is 0 Å². The van der Waals surface area contributed by atoms with Crippen molar-refractivity contribution in [3.8, 4) is 0 Å². The summed E-state index contributed by atoms with van der Waals surface area (Å²) in [5, 5.41) is 16.8. The van der Waals surface area contributed by atoms with Crippen LogP contribution in [0.15, 0.2) is 0 Å². The molecule has 0 aromatic heterocycles. The molecule has 28 heavy (non-hydrogen) atoms. The Morgan fingerprint density at radius 1 is 1.32 bits per heavy atom. The summed E-state index contributed by atoms with van der Waals surface area (Å²) in [6, 6.07) is -0.867. The fourth-order valence-electron chi connectivity index (χ4n) is 3.20. The maximum absolute atomic E-state index is 12.7. The molecule has 0 aromatic rings. The smallest absolute Gasteiger partial charge is 1.00 e. The van der Waals surface area contributed by atoms with Crippen molar-refractivity contribution in [3.05, 3.63) is 0 Å². The number of ketones is 2. The number of hydrogen-bond donors (Lipinski definition) is 3. The van der Waals surface area contributed by atoms with Crippen molar-refractivity contribution in [1.29, 1.82) is 0 Å². The number of Topliss-reactive ketones (excluding diaryl/α,β-unsaturated/α-hetero) is 2. The normalized spacial score (nSPS) is 27.3. The summed E-state index contributed by atoms with van der Waals surface area (Å²) < 4.78 is 4.29. The molecule has 3 rings (SSSR count). The first-order valence-electron chi connectivity index (χ1n) is 8.35. The van der Waals surface area contributed by atoms with Crippen LogP contribution in [0.4, 0.5) is 4.79 Å². The second kappa shape index (κ2) is 11.1. The van der Waals surface area contributed by atoms with Crippen LogP contribution in [0.3, 0.4) is 0 Å². The van der Waals surface area contributed by atoms with Gasteiger partial charge in [-0.05, 0) is 12.8 Å². The Hall–Kier alpha value is -0.380. The Balaban J connectivity index is 0.00000210. The van der Waals surface area contributed by atoms with Crippen LogP contribution in [-0.2, 0) is 28.6 Å². The van der Waals surface area contributed by atoms with Gasteiger partial charge in [-0.25, -0.2) is 14.8 Å². The van der Waals surface area contributed by atoms with Gasteiger partial charge in [-0.3, -0.25) is 9.59 Å². The summed E-state index contributed by atoms with van der Waals surface area (Å²) in [5.74, 6) is -1.82. The summed E-state index contributed by atoms with van der Waals surface area (Å²) in [5.41, 5.74) is 0. The van der Waals surface area contributed by atoms with E-state index in [0.717, 1.165) is 12.8 Å². The Kier molecular flexibility index (Phi) is 9.50. The molecule has 3 fully saturated rings. The van der Waals surface area contributed by atoms with E-state index in [2.05, 4.69) is 20.0 Å². The molecule has 3 aliphatic heterocycles. The molecule has 0 spiro atoms. The molecule has 3 N–H and O–H groups in total. The second-order valence-corrected chi connectivity index (χ2v) is 8.35. The predicted molar refractivity (Wildman–Crippen MR) is 94.3 cm³/mol. The fraction of sp³-hybridized carbons (Fsp3) is 0.714. The zero-order chi connectivity index (χ0) is 19.4. The fourth-order valence-corrected chi connectivity index (χ4v) is 5.19. The standard InChI is InChI=1S/C14H19N3O8S2.Na.H/c18-8(12-10-7(6-26-12)15-14(21)16-10)5-9(27-25-24-22)11(19)13(20)23-17-3-1-2-4-17;;/h7,9-10,12,22H,1-6H2,(H2,15,16,21);;/q;+1;-1/t7-,9?,10-,12?;;/m0../s1. The van der Waals surface area contributed by atoms with Gasteiger partial charge in [-0.2, -0.15) is 0 Å². The molecule has 0 bridgehead atoms. The number of nitrogens with zero attached hydrogens (tertiary/aromatic N) is 1. The maximum Gasteiger partial charge on any atom is 1.00 e. The number of hydrogen-bond acceptors (Lipinski definition) is 11. The summed E-state index contributed by atoms with van der Waals surface area (Å²) >= 11 is 1.72. The van der Waals surface area contributed by atoms with Crippen molar-refractivity contribution in [3.63, 3.8) is 0 Å². The Morgan fingerprint density at radius 3 is 2.71 bits per heavy atom. The third kappa shape index (κ3) is 5.83. The maximum atomic E-state index is 12.7. The number of urea groups is 1. The van der Waals surface area contributed by atoms with E-state index in [4.69, 9.17) is 10.1 Å². The third-order valence-corrected chi connectivity index (χ3v) is 6.71. The van der Waals surface area contributed by atoms with Crippen LogP contribution in [0.25, 0.3) is 0 Å². The van der Waals surface area contributed by atoms with E-state index in [1.165, 1.54) is 16.8 Å². The van der Waals surface area contributed by atoms with Gasteiger partial charge in [0.15, 0.2) is 0 Å². The predicted octanol–water partition coefficient (Wildman–Crippen LogP) is -3.21. The number of carbonyl (C=O) groups excluding carboxylic acids is 4. The zero-order valence-corrected chi connectivity index (χ0v) is 18.8. The number of rotatable bonds is 9. The molecular formula is C14H20N3NaO8S2. The molecule has 152 valence electrons. The Labute approximate surface area is 192 Å². The summed E-state index contributed by atoms with van der Waals surface area (Å²) in [7, 11) is 0. The van der Waals surface area contributed by atoms with Gasteiger partial charge in [0.05, 0.1) is 17.3 Å². The van der Waals surface area contributed by atoms with Crippen LogP contribution in [0.1, 0.15) is 20.7 Å². The number of nitrogens with one attached hydrogen (secondary N) is 2. The van der Waals surface area contributed by atoms with Crippen LogP contribution in [-0.4, -0.2) is 75.3 Å². The molecule has 0 radical (unpaired) electrons. The zero-order valence-electron chi connectivity index (χ0n) is 16.1. The van der Waals surface area contributed by atoms with E-state index in [0.29, 0.717) is 30.9 Å². The number of carbonyl (C=O) groups is 4. The number of thioether (sulfide) groups is 1. The van der Waals surface area contributed by atoms with Gasteiger partial charge in [0.2, 0.25) is 0 Å². The minimum atomic E-state index is -1.25. The van der Waals surface area contributed by atoms with Crippen LogP contribution < -0.4 is 40.2 Å². The molecule has 0 aromatic carbocycles. The summed E-state index contributed by atoms with van der Waals surface area (Å²) in [4.78, 5) is 53.5. The Bertz CT molecular complexity index is 628. The van der Waals surface area contributed by atoms with E-state index in [1.54, 1.807) is 0 Å². The van der Waals surface area contributed by atoms with E-state index in [9.17, 15) is 19.2 Å². The van der Waals surface area contributed by atoms with E-state index in [1.807, 2.05) is 0 Å². The number of amides is 2. The van der Waals surface area contributed by atoms with Gasteiger partial charge < -0.3 is 16.9 Å². The van der Waals surface area contributed by atoms with Crippen LogP contribution in [0, 0.1) is 0 Å². The average molecular weight is 445 g/mol. The molecule has 14 heteroatoms. The van der Waals surface area contributed by atoms with Crippen LogP contribution >= 0.6 is 23.8 Å². The molecular weight excluding hydrogens is 425 g/mol. The topological polar surface area (TPSA) is 144 Å². The van der Waals surface area contributed by atoms with Crippen molar-refractivity contribution in [2.45, 2.75) is 41.8 Å². The first-order chi connectivity index (χ1) is 13.0. The molecule has 2 unspecified atom stereocenters. The summed E-state index contributed by atoms with van der Waals surface area (Å²) in [6.07, 6.45) is 1.39. The molecule has 4 atom stereocenters. The Morgan fingerprint density at radius 2 is 2.04 bits per heavy atom. The third-order valence-electron chi connectivity index (χ3n) is 4.49. The largest absolute Gasteiger partial charge is 1.00 e. The number of hydroxylamine groups is 2. The molecule has 0 aliphatic carbocycles. The average Bonchev–Trinajstić information content (AvgIpc) is 3.35. The van der Waals surface area contributed by atoms with Gasteiger partial charge in [-0.1, -0.05) is 5.04 Å². The molecule has 2 amide bonds. The van der Waals surface area contributed by atoms with Crippen molar-refractivity contribution in [1.82, 2.24) is 15.7 Å². The van der Waals surface area contributed by atoms with Gasteiger partial charge in [-0.15, -0.1) is 21.2 Å². The van der Waals surface area contributed by atoms with Gasteiger partial charge >= 0.3 is 41.6 Å².